The van der Waals surface area contributed by atoms with Crippen molar-refractivity contribution in [3.8, 4) is 5.75 Å². The standard InChI is InChI=1S/C24H29F3N6O4/c1-15(13-36-14-20-31-22(32-37-20)17-7-9-28-10-8-17)30-19-11-29-33(23(34)21(19)24(25,26)27)12-16-3-5-18(35-2)6-4-16/h3-6,11,15,17,28,30H,7-10,12-14H2,1-2H3. The highest BCUT2D eigenvalue weighted by molar-refractivity contribution is 5.50. The number of hydrogen-bond donors (Lipinski definition) is 2. The Kier molecular flexibility index (Phi) is 8.44. The molecule has 1 fully saturated rings. The molecule has 13 heteroatoms. The Bertz CT molecular complexity index is 1220. The largest absolute Gasteiger partial charge is 0.497 e. The molecular formula is C24H29F3N6O4. The minimum absolute atomic E-state index is 0.0256. The minimum atomic E-state index is -4.88. The number of alkyl halides is 3. The van der Waals surface area contributed by atoms with Crippen LogP contribution in [0, 0.1) is 0 Å². The van der Waals surface area contributed by atoms with Gasteiger partial charge in [0, 0.05) is 12.0 Å². The Hall–Kier alpha value is -3.45. The number of rotatable bonds is 10. The first-order chi connectivity index (χ1) is 17.7. The molecule has 10 nitrogen and oxygen atoms in total. The predicted molar refractivity (Wildman–Crippen MR) is 127 cm³/mol. The Balaban J connectivity index is 1.38. The molecule has 0 bridgehead atoms. The average Bonchev–Trinajstić information content (AvgIpc) is 3.35. The lowest BCUT2D eigenvalue weighted by Gasteiger charge is -2.19. The normalized spacial score (nSPS) is 15.5. The van der Waals surface area contributed by atoms with Crippen LogP contribution in [0.5, 0.6) is 5.75 Å². The van der Waals surface area contributed by atoms with E-state index in [4.69, 9.17) is 14.0 Å². The van der Waals surface area contributed by atoms with Crippen molar-refractivity contribution in [3.05, 3.63) is 63.7 Å². The highest BCUT2D eigenvalue weighted by Crippen LogP contribution is 2.32. The summed E-state index contributed by atoms with van der Waals surface area (Å²) in [5.74, 6) is 1.78. The number of halogens is 3. The second kappa shape index (κ2) is 11.7. The molecule has 2 N–H and O–H groups in total. The number of methoxy groups -OCH3 is 1. The van der Waals surface area contributed by atoms with Crippen LogP contribution in [0.3, 0.4) is 0 Å². The summed E-state index contributed by atoms with van der Waals surface area (Å²) in [6, 6.07) is 6.07. The molecule has 3 heterocycles. The van der Waals surface area contributed by atoms with Crippen molar-refractivity contribution in [2.24, 2.45) is 0 Å². The first-order valence-corrected chi connectivity index (χ1v) is 11.9. The summed E-state index contributed by atoms with van der Waals surface area (Å²) >= 11 is 0. The summed E-state index contributed by atoms with van der Waals surface area (Å²) in [5, 5.41) is 13.9. The lowest BCUT2D eigenvalue weighted by Crippen LogP contribution is -2.34. The SMILES string of the molecule is COc1ccc(Cn2ncc(NC(C)COCc3nc(C4CCNCC4)no3)c(C(F)(F)F)c2=O)cc1. The summed E-state index contributed by atoms with van der Waals surface area (Å²) in [4.78, 5) is 17.1. The maximum absolute atomic E-state index is 13.8. The second-order valence-corrected chi connectivity index (χ2v) is 8.87. The zero-order valence-electron chi connectivity index (χ0n) is 20.5. The van der Waals surface area contributed by atoms with Gasteiger partial charge in [0.25, 0.3) is 11.4 Å². The number of anilines is 1. The van der Waals surface area contributed by atoms with Crippen molar-refractivity contribution in [2.75, 3.05) is 32.1 Å². The molecule has 200 valence electrons. The van der Waals surface area contributed by atoms with Crippen molar-refractivity contribution in [1.29, 1.82) is 0 Å². The van der Waals surface area contributed by atoms with Crippen LogP contribution in [0.2, 0.25) is 0 Å². The van der Waals surface area contributed by atoms with Gasteiger partial charge < -0.3 is 24.6 Å². The van der Waals surface area contributed by atoms with E-state index in [1.54, 1.807) is 31.2 Å². The second-order valence-electron chi connectivity index (χ2n) is 8.87. The predicted octanol–water partition coefficient (Wildman–Crippen LogP) is 3.19. The van der Waals surface area contributed by atoms with E-state index in [0.717, 1.165) is 36.8 Å². The van der Waals surface area contributed by atoms with E-state index in [2.05, 4.69) is 25.9 Å². The zero-order valence-corrected chi connectivity index (χ0v) is 20.5. The Morgan fingerprint density at radius 1 is 1.24 bits per heavy atom. The molecule has 1 aliphatic heterocycles. The van der Waals surface area contributed by atoms with Crippen molar-refractivity contribution in [3.63, 3.8) is 0 Å². The average molecular weight is 523 g/mol. The lowest BCUT2D eigenvalue weighted by atomic mass is 9.98. The molecule has 4 rings (SSSR count). The molecule has 0 amide bonds. The third-order valence-corrected chi connectivity index (χ3v) is 6.00. The van der Waals surface area contributed by atoms with Crippen molar-refractivity contribution in [1.82, 2.24) is 25.2 Å². The zero-order chi connectivity index (χ0) is 26.4. The molecule has 1 aromatic carbocycles. The van der Waals surface area contributed by atoms with Crippen molar-refractivity contribution in [2.45, 2.75) is 51.1 Å². The van der Waals surface area contributed by atoms with Gasteiger partial charge in [0.05, 0.1) is 32.1 Å². The first kappa shape index (κ1) is 26.6. The maximum atomic E-state index is 13.8. The van der Waals surface area contributed by atoms with Gasteiger partial charge in [-0.1, -0.05) is 17.3 Å². The summed E-state index contributed by atoms with van der Waals surface area (Å²) < 4.78 is 58.2. The van der Waals surface area contributed by atoms with Crippen molar-refractivity contribution < 1.29 is 27.2 Å². The van der Waals surface area contributed by atoms with Gasteiger partial charge in [-0.2, -0.15) is 23.3 Å². The fourth-order valence-corrected chi connectivity index (χ4v) is 4.09. The molecule has 0 saturated carbocycles. The van der Waals surface area contributed by atoms with E-state index >= 15 is 0 Å². The summed E-state index contributed by atoms with van der Waals surface area (Å²) in [6.45, 7) is 3.38. The molecule has 0 spiro atoms. The fraction of sp³-hybridized carbons (Fsp3) is 0.500. The Morgan fingerprint density at radius 3 is 2.65 bits per heavy atom. The van der Waals surface area contributed by atoms with E-state index in [-0.39, 0.29) is 25.7 Å². The molecule has 0 radical (unpaired) electrons. The highest BCUT2D eigenvalue weighted by atomic mass is 19.4. The molecule has 1 unspecified atom stereocenters. The molecule has 1 saturated heterocycles. The van der Waals surface area contributed by atoms with Crippen LogP contribution in [0.4, 0.5) is 18.9 Å². The molecule has 2 aromatic heterocycles. The fourth-order valence-electron chi connectivity index (χ4n) is 4.09. The van der Waals surface area contributed by atoms with Crippen LogP contribution < -0.4 is 20.9 Å². The van der Waals surface area contributed by atoms with Gasteiger partial charge in [0.1, 0.15) is 17.9 Å². The van der Waals surface area contributed by atoms with Crippen molar-refractivity contribution >= 4 is 5.69 Å². The molecule has 3 aromatic rings. The molecule has 1 atom stereocenters. The maximum Gasteiger partial charge on any atom is 0.423 e. The van der Waals surface area contributed by atoms with Gasteiger partial charge in [-0.3, -0.25) is 4.79 Å². The topological polar surface area (TPSA) is 116 Å². The molecule has 0 aliphatic carbocycles. The third-order valence-electron chi connectivity index (χ3n) is 6.00. The van der Waals surface area contributed by atoms with E-state index in [1.165, 1.54) is 7.11 Å². The van der Waals surface area contributed by atoms with Crippen LogP contribution in [0.15, 0.2) is 39.8 Å². The van der Waals surface area contributed by atoms with E-state index in [1.807, 2.05) is 0 Å². The Labute approximate surface area is 211 Å². The number of hydrogen-bond acceptors (Lipinski definition) is 9. The quantitative estimate of drug-likeness (QED) is 0.414. The van der Waals surface area contributed by atoms with Crippen LogP contribution in [0.1, 0.15) is 48.5 Å². The van der Waals surface area contributed by atoms with Crippen LogP contribution >= 0.6 is 0 Å². The van der Waals surface area contributed by atoms with Crippen LogP contribution in [-0.4, -0.2) is 52.8 Å². The summed E-state index contributed by atoms with van der Waals surface area (Å²) in [5.41, 5.74) is -2.36. The number of piperidine rings is 1. The van der Waals surface area contributed by atoms with E-state index < -0.39 is 29.0 Å². The first-order valence-electron chi connectivity index (χ1n) is 11.9. The monoisotopic (exact) mass is 522 g/mol. The highest BCUT2D eigenvalue weighted by Gasteiger charge is 2.38. The van der Waals surface area contributed by atoms with Gasteiger partial charge in [0.15, 0.2) is 5.82 Å². The molecule has 37 heavy (non-hydrogen) atoms. The summed E-state index contributed by atoms with van der Waals surface area (Å²) in [6.07, 6.45) is -2.02. The van der Waals surface area contributed by atoms with Gasteiger partial charge in [-0.15, -0.1) is 0 Å². The van der Waals surface area contributed by atoms with E-state index in [9.17, 15) is 18.0 Å². The van der Waals surface area contributed by atoms with Gasteiger partial charge in [-0.05, 0) is 50.6 Å². The van der Waals surface area contributed by atoms with E-state index in [0.29, 0.717) is 23.0 Å². The number of aromatic nitrogens is 4. The number of benzene rings is 1. The smallest absolute Gasteiger partial charge is 0.423 e. The number of nitrogens with zero attached hydrogens (tertiary/aromatic N) is 4. The Morgan fingerprint density at radius 2 is 1.97 bits per heavy atom. The molecular weight excluding hydrogens is 493 g/mol. The summed E-state index contributed by atoms with van der Waals surface area (Å²) in [7, 11) is 1.51. The molecule has 1 aliphatic rings. The number of nitrogens with one attached hydrogen (secondary N) is 2. The number of ether oxygens (including phenoxy) is 2. The van der Waals surface area contributed by atoms with Crippen LogP contribution in [0.25, 0.3) is 0 Å². The van der Waals surface area contributed by atoms with Gasteiger partial charge >= 0.3 is 6.18 Å². The third kappa shape index (κ3) is 6.86. The van der Waals surface area contributed by atoms with Gasteiger partial charge in [-0.25, -0.2) is 4.68 Å². The van der Waals surface area contributed by atoms with Gasteiger partial charge in [0.2, 0.25) is 0 Å². The van der Waals surface area contributed by atoms with Crippen LogP contribution in [-0.2, 0) is 24.1 Å². The minimum Gasteiger partial charge on any atom is -0.497 e. The lowest BCUT2D eigenvalue weighted by molar-refractivity contribution is -0.138.